The van der Waals surface area contributed by atoms with E-state index < -0.39 is 153 Å². The van der Waals surface area contributed by atoms with E-state index >= 15 is 0 Å². The van der Waals surface area contributed by atoms with Gasteiger partial charge in [0, 0.05) is 232 Å². The minimum Gasteiger partial charge on any atom is -0.199 e. The molecule has 0 saturated carbocycles. The van der Waals surface area contributed by atoms with E-state index in [0.29, 0.717) is 68.9 Å². The first-order chi connectivity index (χ1) is 51.9. The summed E-state index contributed by atoms with van der Waals surface area (Å²) in [6, 6.07) is 11.3. The summed E-state index contributed by atoms with van der Waals surface area (Å²) in [4.78, 5) is 1.51. The van der Waals surface area contributed by atoms with Gasteiger partial charge in [-0.1, -0.05) is 186 Å². The fourth-order valence-corrected chi connectivity index (χ4v) is 1010. The highest BCUT2D eigenvalue weighted by Crippen LogP contribution is 2.65. The molecule has 0 aromatic carbocycles. The summed E-state index contributed by atoms with van der Waals surface area (Å²) in [7, 11) is 26.6. The first-order valence-electron chi connectivity index (χ1n) is 40.0. The number of hydrogen-bond acceptors (Lipinski definition) is 2. The fraction of sp³-hybridized carbons (Fsp3) is 1.00. The van der Waals surface area contributed by atoms with Crippen molar-refractivity contribution in [1.29, 1.82) is 0 Å². The Hall–Kier alpha value is 19.9. The maximum Gasteiger partial charge on any atom is 0.342 e. The molecule has 714 valence electrons. The van der Waals surface area contributed by atoms with E-state index in [2.05, 4.69) is 183 Å². The zero-order valence-corrected chi connectivity index (χ0v) is 154. The van der Waals surface area contributed by atoms with Crippen LogP contribution in [-0.4, -0.2) is 341 Å². The van der Waals surface area contributed by atoms with Crippen LogP contribution in [0.4, 0.5) is 0 Å². The van der Waals surface area contributed by atoms with Crippen LogP contribution in [0.25, 0.3) is 0 Å². The Morgan fingerprint density at radius 2 is 0.797 bits per heavy atom. The Bertz CT molecular complexity index is 2950. The molecule has 9 aliphatic rings. The second-order valence-electron chi connectivity index (χ2n) is 36.4. The van der Waals surface area contributed by atoms with Crippen molar-refractivity contribution < 1.29 is 0 Å². The average Bonchev–Trinajstić information content (AvgIpc) is 1.52. The Labute approximate surface area is 949 Å². The summed E-state index contributed by atoms with van der Waals surface area (Å²) in [6.45, 7) is 43.7. The van der Waals surface area contributed by atoms with E-state index in [1.165, 1.54) is 68.3 Å². The van der Waals surface area contributed by atoms with Gasteiger partial charge >= 0.3 is 27.6 Å². The Kier molecular flexibility index (Phi) is 65.9. The Morgan fingerprint density at radius 3 is 0.958 bits per heavy atom. The molecule has 9 aliphatic heterocycles. The highest BCUT2D eigenvalue weighted by atomic mass is 36.5. The van der Waals surface area contributed by atoms with Gasteiger partial charge in [0.1, 0.15) is 12.9 Å². The topological polar surface area (TPSA) is 0 Å². The van der Waals surface area contributed by atoms with Crippen molar-refractivity contribution in [3.05, 3.63) is 0 Å². The lowest BCUT2D eigenvalue weighted by Gasteiger charge is -2.53. The van der Waals surface area contributed by atoms with Gasteiger partial charge < -0.3 is 0 Å². The van der Waals surface area contributed by atoms with Gasteiger partial charge in [-0.3, -0.25) is 0 Å². The second-order valence-corrected chi connectivity index (χ2v) is 447. The second kappa shape index (κ2) is 54.7. The standard InChI is InChI=1S/C9H36Si9.C8H30Si7.C5H20SSi5.C5H18SSi4.C3H8Cl10Si6.C2H8Cl6Si5.C2H4Cl6Si3.2C2H4Cl4Si2.CH4.2Cl2/c1-12-16(5)9(11)15(4,8-10)17(6,13-2)18(16,7)14-3;1-11-14(4)6-8(10)13(3,7-9)15(14,5)12-2;1-6-11(8-2)9-5(7)4-10(11)3;1-6-10(3)5(8)4(7)9(10)2;1-14(4)3-16(6,17(7,8)9)15(2,5)19(14,13)18(10,11)12;3-11(4,5)13(12(6,7)8)9-1-2-10-13;3-9(4)1-2-10(9,5)11(6,7)8;2*3-7(4)1-2-8(7,5)6;;2*1-2/h9H,8,12-14H2,1-7,10-11H3;8H,6-7,11-12H2,1-5,9-10H3;5,10H,4,8-9H2,1-3,7H3;4-5,9H,1-3,7-8H3;3H2,1-2H3;1-2,9-10H2;1-2H2;2*1-2H2;1H4;;. The van der Waals surface area contributed by atoms with E-state index in [-0.39, 0.29) is 47.9 Å². The van der Waals surface area contributed by atoms with Crippen molar-refractivity contribution in [3.63, 3.8) is 0 Å². The molecular weight excluding hydrogens is 2950 g/mol. The van der Waals surface area contributed by atoms with E-state index in [4.69, 9.17) is 332 Å². The molecule has 0 N–H and O–H groups in total. The van der Waals surface area contributed by atoms with E-state index in [1.807, 2.05) is 18.3 Å². The summed E-state index contributed by atoms with van der Waals surface area (Å²) >= 11 is 189. The molecule has 21 atom stereocenters. The molecular formula is C39H136Cl34S2Si43. The third-order valence-corrected chi connectivity index (χ3v) is 799. The summed E-state index contributed by atoms with van der Waals surface area (Å²) in [5, 5.41) is 5.40. The van der Waals surface area contributed by atoms with Crippen LogP contribution < -0.4 is 0 Å². The quantitative estimate of drug-likeness (QED) is 0.118. The fourth-order valence-electron chi connectivity index (χ4n) is 21.2. The molecule has 0 amide bonds. The van der Waals surface area contributed by atoms with Crippen molar-refractivity contribution >= 4 is 727 Å². The van der Waals surface area contributed by atoms with Gasteiger partial charge in [0.2, 0.25) is 18.8 Å². The first-order valence-corrected chi connectivity index (χ1v) is 198. The van der Waals surface area contributed by atoms with Gasteiger partial charge in [0.25, 0.3) is 31.1 Å². The average molecular weight is 3080 g/mol. The van der Waals surface area contributed by atoms with Crippen molar-refractivity contribution in [3.8, 4) is 0 Å². The molecule has 0 aromatic heterocycles. The van der Waals surface area contributed by atoms with Crippen LogP contribution in [0.5, 0.6) is 0 Å². The minimum atomic E-state index is -3.31. The van der Waals surface area contributed by atoms with Crippen LogP contribution in [0.15, 0.2) is 0 Å². The highest BCUT2D eigenvalue weighted by molar-refractivity contribution is 8.45. The molecule has 79 heteroatoms. The monoisotopic (exact) mass is 3060 g/mol. The normalized spacial score (nSPS) is 42.9. The van der Waals surface area contributed by atoms with Gasteiger partial charge in [0.05, 0.1) is 5.78 Å². The van der Waals surface area contributed by atoms with Crippen molar-refractivity contribution in [2.45, 2.75) is 228 Å². The Balaban J connectivity index is -0.00000127. The van der Waals surface area contributed by atoms with Crippen molar-refractivity contribution in [1.82, 2.24) is 0 Å². The molecule has 0 aromatic rings. The van der Waals surface area contributed by atoms with Crippen LogP contribution >= 0.6 is 398 Å². The highest BCUT2D eigenvalue weighted by Gasteiger charge is 2.89. The summed E-state index contributed by atoms with van der Waals surface area (Å²) in [5.74, 6) is -3.44. The predicted octanol–water partition coefficient (Wildman–Crippen LogP) is 16.5. The lowest BCUT2D eigenvalue weighted by atomic mass is 10.9. The zero-order chi connectivity index (χ0) is 94.5. The zero-order valence-electron chi connectivity index (χ0n) is 72.8. The van der Waals surface area contributed by atoms with Crippen LogP contribution in [0, 0.1) is 0 Å². The van der Waals surface area contributed by atoms with E-state index in [0.717, 1.165) is 36.3 Å². The lowest BCUT2D eigenvalue weighted by molar-refractivity contribution is 1.13. The van der Waals surface area contributed by atoms with Gasteiger partial charge in [-0.2, -0.15) is 77.8 Å². The van der Waals surface area contributed by atoms with E-state index in [9.17, 15) is 0 Å². The van der Waals surface area contributed by atoms with E-state index in [1.54, 1.807) is 59.2 Å². The number of rotatable bonds is 15. The van der Waals surface area contributed by atoms with Crippen LogP contribution in [0.1, 0.15) is 7.43 Å². The molecule has 0 radical (unpaired) electrons. The maximum atomic E-state index is 6.88. The van der Waals surface area contributed by atoms with Crippen molar-refractivity contribution in [2.75, 3.05) is 12.5 Å². The lowest BCUT2D eigenvalue weighted by Crippen LogP contribution is -2.80. The number of halogens is 34. The molecule has 21 unspecified atom stereocenters. The Morgan fingerprint density at radius 1 is 0.441 bits per heavy atom. The molecule has 0 spiro atoms. The van der Waals surface area contributed by atoms with Gasteiger partial charge in [0.15, 0.2) is 13.3 Å². The summed E-state index contributed by atoms with van der Waals surface area (Å²) in [5.41, 5.74) is -10.6. The minimum absolute atomic E-state index is 0. The predicted molar refractivity (Wildman–Crippen MR) is 724 cm³/mol. The number of hydrogen-bond donors (Lipinski definition) is 0. The maximum absolute atomic E-state index is 6.88. The van der Waals surface area contributed by atoms with Crippen LogP contribution in [-0.2, 0) is 0 Å². The largest absolute Gasteiger partial charge is 0.342 e. The van der Waals surface area contributed by atoms with Crippen LogP contribution in [0.2, 0.25) is 221 Å². The SMILES string of the molecule is C.CS[Si]1(C)C([SiH3])C([SiH3])[SiH]1C.C[SiH2][Si]1(C)C([SiH3])[Si](C)(C[SiH3])[Si](C)([SiH2]C)[Si]1(C)[SiH2]C.C[SiH2][Si]1(C)CC([SiH3])[Si](C)(C[SiH3])[Si]1(C)[SiH2]C.C[SiH2][Si]1(SC)[SiH2]C([SiH3])C[SiH]1C.C[Si]1(Cl)C[Si](Cl)([Si](Cl)(Cl)Cl)[Si](C)(Cl)[Si]1(Cl)[Si](Cl)(Cl)Cl.ClCl.ClCl.Cl[Si](Cl)(Cl)[Si]1(Cl)CC[Si]1(Cl)Cl.Cl[Si](Cl)(Cl)[Si]1([Si](Cl)(Cl)Cl)[SiH2]CC[SiH2]1.Cl[Si]1(Cl)CC[Si]1(Cl)Cl.Cl[Si]1(Cl)CC[Si]1(Cl)Cl. The molecule has 9 rings (SSSR count). The molecule has 9 fully saturated rings. The first kappa shape index (κ1) is 142. The molecule has 118 heavy (non-hydrogen) atoms. The smallest absolute Gasteiger partial charge is 0.199 e. The third-order valence-electron chi connectivity index (χ3n) is 32.8. The molecule has 0 bridgehead atoms. The molecule has 9 saturated heterocycles. The van der Waals surface area contributed by atoms with Crippen LogP contribution in [0.3, 0.4) is 0 Å². The summed E-state index contributed by atoms with van der Waals surface area (Å²) < 4.78 is 0. The van der Waals surface area contributed by atoms with Gasteiger partial charge in [-0.15, -0.1) is 277 Å². The van der Waals surface area contributed by atoms with Crippen molar-refractivity contribution in [2.24, 2.45) is 0 Å². The van der Waals surface area contributed by atoms with Gasteiger partial charge in [-0.25, -0.2) is 0 Å². The molecule has 0 aliphatic carbocycles. The molecule has 9 heterocycles. The third kappa shape index (κ3) is 29.8. The molecule has 0 nitrogen and oxygen atoms in total. The summed E-state index contributed by atoms with van der Waals surface area (Å²) in [6.07, 6.45) is -15.8. The van der Waals surface area contributed by atoms with Gasteiger partial charge in [-0.05, 0) is 85.2 Å².